The van der Waals surface area contributed by atoms with Gasteiger partial charge in [-0.15, -0.1) is 11.8 Å². The first-order chi connectivity index (χ1) is 15.8. The summed E-state index contributed by atoms with van der Waals surface area (Å²) in [5, 5.41) is 6.73. The average Bonchev–Trinajstić information content (AvgIpc) is 3.36. The molecule has 176 valence electrons. The van der Waals surface area contributed by atoms with Crippen LogP contribution in [-0.2, 0) is 29.0 Å². The van der Waals surface area contributed by atoms with Gasteiger partial charge >= 0.3 is 0 Å². The number of ether oxygens (including phenoxy) is 1. The van der Waals surface area contributed by atoms with Gasteiger partial charge in [0.1, 0.15) is 0 Å². The number of amides is 2. The predicted octanol–water partition coefficient (Wildman–Crippen LogP) is 1.80. The number of nitrogens with one attached hydrogen (secondary N) is 1. The van der Waals surface area contributed by atoms with E-state index in [1.54, 1.807) is 0 Å². The molecule has 1 aliphatic heterocycles. The van der Waals surface area contributed by atoms with E-state index in [1.807, 2.05) is 0 Å². The molecule has 0 spiro atoms. The van der Waals surface area contributed by atoms with Crippen LogP contribution in [0.5, 0.6) is 0 Å². The maximum atomic E-state index is 13.0. The minimum Gasteiger partial charge on any atom is -0.389 e. The number of oxime groups is 1. The van der Waals surface area contributed by atoms with Crippen LogP contribution in [0.4, 0.5) is 5.13 Å². The molecular formula is C20H22N4O6S3. The maximum Gasteiger partial charge on any atom is 0.280 e. The van der Waals surface area contributed by atoms with Crippen molar-refractivity contribution >= 4 is 55.6 Å². The van der Waals surface area contributed by atoms with Gasteiger partial charge in [0.25, 0.3) is 5.91 Å². The summed E-state index contributed by atoms with van der Waals surface area (Å²) in [6, 6.07) is 6.04. The molecule has 0 bridgehead atoms. The number of nitrogens with zero attached hydrogens (tertiary/aromatic N) is 2. The van der Waals surface area contributed by atoms with E-state index in [0.717, 1.165) is 4.21 Å². The van der Waals surface area contributed by atoms with Crippen LogP contribution in [0.3, 0.4) is 0 Å². The second-order valence-corrected chi connectivity index (χ2v) is 12.0. The lowest BCUT2D eigenvalue weighted by molar-refractivity contribution is -0.115. The lowest BCUT2D eigenvalue weighted by Crippen LogP contribution is -2.25. The number of primary amides is 1. The van der Waals surface area contributed by atoms with Crippen molar-refractivity contribution in [3.8, 4) is 0 Å². The molecule has 0 unspecified atom stereocenters. The van der Waals surface area contributed by atoms with E-state index < -0.39 is 21.7 Å². The normalized spacial score (nSPS) is 18.8. The van der Waals surface area contributed by atoms with E-state index in [2.05, 4.69) is 15.5 Å². The minimum absolute atomic E-state index is 0.0150. The van der Waals surface area contributed by atoms with Crippen molar-refractivity contribution in [3.05, 3.63) is 36.0 Å². The van der Waals surface area contributed by atoms with Crippen LogP contribution in [0, 0.1) is 0 Å². The van der Waals surface area contributed by atoms with Gasteiger partial charge in [-0.05, 0) is 25.0 Å². The molecule has 1 atom stereocenters. The second-order valence-electron chi connectivity index (χ2n) is 7.49. The van der Waals surface area contributed by atoms with E-state index in [9.17, 15) is 18.0 Å². The number of sulfone groups is 1. The number of hydrogen-bond donors (Lipinski definition) is 2. The first-order valence-corrected chi connectivity index (χ1v) is 13.5. The van der Waals surface area contributed by atoms with E-state index in [0.29, 0.717) is 43.2 Å². The molecule has 1 saturated heterocycles. The molecule has 2 heterocycles. The Morgan fingerprint density at radius 1 is 1.27 bits per heavy atom. The Hall–Kier alpha value is -2.48. The highest BCUT2D eigenvalue weighted by atomic mass is 32.2. The zero-order chi connectivity index (χ0) is 23.4. The topological polar surface area (TPSA) is 150 Å². The molecule has 13 heteroatoms. The molecule has 1 aromatic heterocycles. The van der Waals surface area contributed by atoms with Gasteiger partial charge in [0.15, 0.2) is 26.8 Å². The highest BCUT2D eigenvalue weighted by molar-refractivity contribution is 8.01. The van der Waals surface area contributed by atoms with Crippen molar-refractivity contribution in [2.45, 2.75) is 39.7 Å². The van der Waals surface area contributed by atoms with E-state index in [1.165, 1.54) is 53.6 Å². The summed E-state index contributed by atoms with van der Waals surface area (Å²) in [6.07, 6.45) is 3.27. The molecule has 2 fully saturated rings. The van der Waals surface area contributed by atoms with Crippen LogP contribution >= 0.6 is 23.1 Å². The zero-order valence-electron chi connectivity index (χ0n) is 17.4. The number of nitrogens with two attached hydrogens (primary N) is 1. The third-order valence-electron chi connectivity index (χ3n) is 4.88. The molecule has 2 amide bonds. The van der Waals surface area contributed by atoms with Crippen LogP contribution in [0.1, 0.15) is 24.8 Å². The zero-order valence-corrected chi connectivity index (χ0v) is 19.9. The first kappa shape index (κ1) is 23.7. The summed E-state index contributed by atoms with van der Waals surface area (Å²) in [5.41, 5.74) is 5.54. The third-order valence-corrected chi connectivity index (χ3v) is 9.29. The smallest absolute Gasteiger partial charge is 0.280 e. The van der Waals surface area contributed by atoms with E-state index >= 15 is 0 Å². The highest BCUT2D eigenvalue weighted by Crippen LogP contribution is 2.33. The number of carbonyl (C=O) groups excluding carboxylic acids is 2. The van der Waals surface area contributed by atoms with E-state index in [-0.39, 0.29) is 27.7 Å². The van der Waals surface area contributed by atoms with Crippen molar-refractivity contribution in [2.75, 3.05) is 24.3 Å². The average molecular weight is 511 g/mol. The van der Waals surface area contributed by atoms with Crippen molar-refractivity contribution in [1.29, 1.82) is 0 Å². The van der Waals surface area contributed by atoms with Crippen LogP contribution in [0.2, 0.25) is 0 Å². The fourth-order valence-electron chi connectivity index (χ4n) is 3.00. The number of benzene rings is 1. The molecule has 1 aromatic carbocycles. The molecule has 4 rings (SSSR count). The van der Waals surface area contributed by atoms with Crippen molar-refractivity contribution < 1.29 is 27.6 Å². The molecule has 0 radical (unpaired) electrons. The van der Waals surface area contributed by atoms with Gasteiger partial charge < -0.3 is 15.3 Å². The Balaban J connectivity index is 1.52. The number of hydrogen-bond acceptors (Lipinski definition) is 10. The summed E-state index contributed by atoms with van der Waals surface area (Å²) >= 11 is 2.42. The second kappa shape index (κ2) is 10.2. The summed E-state index contributed by atoms with van der Waals surface area (Å²) in [6.45, 7) is 0.935. The predicted molar refractivity (Wildman–Crippen MR) is 124 cm³/mol. The molecule has 1 aliphatic carbocycles. The van der Waals surface area contributed by atoms with Gasteiger partial charge in [-0.3, -0.25) is 14.9 Å². The lowest BCUT2D eigenvalue weighted by Gasteiger charge is -2.10. The summed E-state index contributed by atoms with van der Waals surface area (Å²) in [7, 11) is -3.34. The van der Waals surface area contributed by atoms with Gasteiger partial charge in [0.2, 0.25) is 5.91 Å². The third kappa shape index (κ3) is 6.10. The fraction of sp³-hybridized carbons (Fsp3) is 0.400. The molecule has 2 aliphatic rings. The highest BCUT2D eigenvalue weighted by Gasteiger charge is 2.36. The van der Waals surface area contributed by atoms with Gasteiger partial charge in [-0.25, -0.2) is 13.4 Å². The Morgan fingerprint density at radius 2 is 2.03 bits per heavy atom. The lowest BCUT2D eigenvalue weighted by atomic mass is 10.1. The Labute approximate surface area is 198 Å². The summed E-state index contributed by atoms with van der Waals surface area (Å²) < 4.78 is 30.9. The van der Waals surface area contributed by atoms with Crippen LogP contribution in [0.15, 0.2) is 44.7 Å². The molecule has 2 aromatic rings. The SMILES string of the molecule is NC(=O)CSc1cnc(NC(=O)C(=NO[C@@H]2CCOC2)c2ccc(S(=O)(=O)C3CC3)cc2)s1. The van der Waals surface area contributed by atoms with Gasteiger partial charge in [-0.1, -0.05) is 28.6 Å². The standard InChI is InChI=1S/C20H22N4O6S3/c21-16(25)11-31-17-9-22-20(32-17)23-19(26)18(24-30-13-7-8-29-10-13)12-1-3-14(4-2-12)33(27,28)15-5-6-15/h1-4,9,13,15H,5-8,10-11H2,(H2,21,25)(H,22,23,26)/t13-/m1/s1. The molecule has 3 N–H and O–H groups in total. The summed E-state index contributed by atoms with van der Waals surface area (Å²) in [4.78, 5) is 33.8. The number of thioether (sulfide) groups is 1. The monoisotopic (exact) mass is 510 g/mol. The van der Waals surface area contributed by atoms with Gasteiger partial charge in [-0.2, -0.15) is 0 Å². The van der Waals surface area contributed by atoms with Crippen LogP contribution < -0.4 is 11.1 Å². The maximum absolute atomic E-state index is 13.0. The van der Waals surface area contributed by atoms with Crippen molar-refractivity contribution in [1.82, 2.24) is 4.98 Å². The van der Waals surface area contributed by atoms with Gasteiger partial charge in [0, 0.05) is 12.0 Å². The Kier molecular flexibility index (Phi) is 7.32. The van der Waals surface area contributed by atoms with Gasteiger partial charge in [0.05, 0.1) is 39.5 Å². The quantitative estimate of drug-likeness (QED) is 0.279. The number of carbonyl (C=O) groups is 2. The fourth-order valence-corrected chi connectivity index (χ4v) is 6.27. The Morgan fingerprint density at radius 3 is 2.67 bits per heavy atom. The molecule has 10 nitrogen and oxygen atoms in total. The number of aromatic nitrogens is 1. The van der Waals surface area contributed by atoms with Crippen LogP contribution in [-0.4, -0.2) is 61.2 Å². The van der Waals surface area contributed by atoms with E-state index in [4.69, 9.17) is 15.3 Å². The van der Waals surface area contributed by atoms with Crippen LogP contribution in [0.25, 0.3) is 0 Å². The number of rotatable bonds is 10. The Bertz CT molecular complexity index is 1150. The summed E-state index contributed by atoms with van der Waals surface area (Å²) in [5.74, 6) is -0.906. The largest absolute Gasteiger partial charge is 0.389 e. The molecule has 33 heavy (non-hydrogen) atoms. The molecule has 1 saturated carbocycles. The molecular weight excluding hydrogens is 488 g/mol. The van der Waals surface area contributed by atoms with Crippen molar-refractivity contribution in [3.63, 3.8) is 0 Å². The van der Waals surface area contributed by atoms with Crippen molar-refractivity contribution in [2.24, 2.45) is 10.9 Å². The minimum atomic E-state index is -3.34. The first-order valence-electron chi connectivity index (χ1n) is 10.2. The number of anilines is 1. The number of thiazole rings is 1.